The normalized spacial score (nSPS) is 13.2. The van der Waals surface area contributed by atoms with Gasteiger partial charge in [-0.15, -0.1) is 0 Å². The summed E-state index contributed by atoms with van der Waals surface area (Å²) in [7, 11) is 0. The average Bonchev–Trinajstić information content (AvgIpc) is 2.43. The fourth-order valence-electron chi connectivity index (χ4n) is 1.07. The van der Waals surface area contributed by atoms with Gasteiger partial charge in [-0.3, -0.25) is 0 Å². The highest BCUT2D eigenvalue weighted by Crippen LogP contribution is 2.31. The van der Waals surface area contributed by atoms with Gasteiger partial charge < -0.3 is 9.52 Å². The molecule has 74 valence electrons. The molecule has 0 saturated carbocycles. The Labute approximate surface area is 94.6 Å². The van der Waals surface area contributed by atoms with E-state index < -0.39 is 6.10 Å². The first-order valence-electron chi connectivity index (χ1n) is 4.28. The van der Waals surface area contributed by atoms with Gasteiger partial charge in [0.25, 0.3) is 0 Å². The van der Waals surface area contributed by atoms with E-state index in [1.165, 1.54) is 0 Å². The maximum Gasteiger partial charge on any atom is 0.183 e. The summed E-state index contributed by atoms with van der Waals surface area (Å²) in [5, 5.41) is 9.65. The molecule has 1 unspecified atom stereocenters. The van der Waals surface area contributed by atoms with Crippen molar-refractivity contribution in [2.24, 2.45) is 0 Å². The van der Waals surface area contributed by atoms with Crippen molar-refractivity contribution in [1.29, 1.82) is 0 Å². The van der Waals surface area contributed by atoms with E-state index in [0.29, 0.717) is 10.4 Å². The van der Waals surface area contributed by atoms with Crippen LogP contribution >= 0.6 is 31.9 Å². The van der Waals surface area contributed by atoms with Crippen LogP contribution in [0.25, 0.3) is 0 Å². The van der Waals surface area contributed by atoms with Gasteiger partial charge in [-0.05, 0) is 44.3 Å². The van der Waals surface area contributed by atoms with E-state index in [-0.39, 0.29) is 0 Å². The molecule has 0 aliphatic heterocycles. The zero-order valence-electron chi connectivity index (χ0n) is 7.39. The molecule has 2 nitrogen and oxygen atoms in total. The first kappa shape index (κ1) is 11.3. The lowest BCUT2D eigenvalue weighted by Crippen LogP contribution is -1.94. The van der Waals surface area contributed by atoms with Gasteiger partial charge in [-0.2, -0.15) is 0 Å². The highest BCUT2D eigenvalue weighted by atomic mass is 79.9. The zero-order chi connectivity index (χ0) is 9.84. The summed E-state index contributed by atoms with van der Waals surface area (Å²) in [5.74, 6) is 0.618. The van der Waals surface area contributed by atoms with Crippen LogP contribution in [0.4, 0.5) is 0 Å². The van der Waals surface area contributed by atoms with Crippen molar-refractivity contribution in [2.75, 3.05) is 0 Å². The summed E-state index contributed by atoms with van der Waals surface area (Å²) in [4.78, 5) is 0. The summed E-state index contributed by atoms with van der Waals surface area (Å²) >= 11 is 6.53. The molecule has 4 heteroatoms. The molecular formula is C9H12Br2O2. The van der Waals surface area contributed by atoms with Crippen LogP contribution < -0.4 is 0 Å². The van der Waals surface area contributed by atoms with E-state index in [1.807, 2.05) is 0 Å². The van der Waals surface area contributed by atoms with Gasteiger partial charge in [0.2, 0.25) is 0 Å². The van der Waals surface area contributed by atoms with Gasteiger partial charge in [-0.25, -0.2) is 0 Å². The first-order valence-corrected chi connectivity index (χ1v) is 5.86. The molecule has 13 heavy (non-hydrogen) atoms. The van der Waals surface area contributed by atoms with Crippen LogP contribution in [0.15, 0.2) is 19.6 Å². The molecule has 0 aliphatic rings. The highest BCUT2D eigenvalue weighted by molar-refractivity contribution is 9.13. The molecule has 0 fully saturated rings. The fourth-order valence-corrected chi connectivity index (χ4v) is 1.68. The largest absolute Gasteiger partial charge is 0.450 e. The van der Waals surface area contributed by atoms with Crippen LogP contribution in [0.2, 0.25) is 0 Å². The quantitative estimate of drug-likeness (QED) is 0.910. The Morgan fingerprint density at radius 2 is 2.23 bits per heavy atom. The number of halogens is 2. The third-order valence-corrected chi connectivity index (χ3v) is 3.53. The fraction of sp³-hybridized carbons (Fsp3) is 0.556. The van der Waals surface area contributed by atoms with Gasteiger partial charge in [-0.1, -0.05) is 19.8 Å². The monoisotopic (exact) mass is 310 g/mol. The van der Waals surface area contributed by atoms with Crippen LogP contribution in [-0.4, -0.2) is 5.11 Å². The molecule has 1 heterocycles. The lowest BCUT2D eigenvalue weighted by atomic mass is 10.1. The zero-order valence-corrected chi connectivity index (χ0v) is 10.6. The predicted octanol–water partition coefficient (Wildman–Crippen LogP) is 4.03. The summed E-state index contributed by atoms with van der Waals surface area (Å²) in [6.45, 7) is 2.10. The molecule has 0 radical (unpaired) electrons. The van der Waals surface area contributed by atoms with Crippen LogP contribution in [-0.2, 0) is 0 Å². The maximum absolute atomic E-state index is 9.65. The van der Waals surface area contributed by atoms with E-state index in [9.17, 15) is 5.11 Å². The van der Waals surface area contributed by atoms with Crippen molar-refractivity contribution < 1.29 is 9.52 Å². The molecular weight excluding hydrogens is 300 g/mol. The molecule has 0 bridgehead atoms. The molecule has 1 aromatic rings. The molecule has 0 aliphatic carbocycles. The minimum absolute atomic E-state index is 0.484. The first-order chi connectivity index (χ1) is 6.15. The number of hydrogen-bond donors (Lipinski definition) is 1. The van der Waals surface area contributed by atoms with Gasteiger partial charge in [0, 0.05) is 0 Å². The molecule has 1 rings (SSSR count). The molecule has 1 N–H and O–H groups in total. The number of aliphatic hydroxyl groups excluding tert-OH is 1. The SMILES string of the molecule is CCCCC(O)c1cc(Br)c(Br)o1. The van der Waals surface area contributed by atoms with Crippen molar-refractivity contribution >= 4 is 31.9 Å². The Hall–Kier alpha value is 0.200. The second-order valence-corrected chi connectivity index (χ2v) is 4.50. The lowest BCUT2D eigenvalue weighted by Gasteiger charge is -2.05. The second kappa shape index (κ2) is 5.17. The van der Waals surface area contributed by atoms with Crippen LogP contribution in [0.5, 0.6) is 0 Å². The Morgan fingerprint density at radius 3 is 2.69 bits per heavy atom. The smallest absolute Gasteiger partial charge is 0.183 e. The number of hydrogen-bond acceptors (Lipinski definition) is 2. The van der Waals surface area contributed by atoms with Crippen molar-refractivity contribution in [3.8, 4) is 0 Å². The van der Waals surface area contributed by atoms with Crippen molar-refractivity contribution in [3.63, 3.8) is 0 Å². The average molecular weight is 312 g/mol. The van der Waals surface area contributed by atoms with Crippen LogP contribution in [0.3, 0.4) is 0 Å². The minimum Gasteiger partial charge on any atom is -0.450 e. The van der Waals surface area contributed by atoms with E-state index in [0.717, 1.165) is 23.7 Å². The number of rotatable bonds is 4. The summed E-state index contributed by atoms with van der Waals surface area (Å²) in [6, 6.07) is 1.80. The standard InChI is InChI=1S/C9H12Br2O2/c1-2-3-4-7(12)8-5-6(10)9(11)13-8/h5,7,12H,2-4H2,1H3. The predicted molar refractivity (Wildman–Crippen MR) is 58.6 cm³/mol. The Bertz CT molecular complexity index is 251. The van der Waals surface area contributed by atoms with E-state index in [1.54, 1.807) is 6.07 Å². The van der Waals surface area contributed by atoms with E-state index in [4.69, 9.17) is 4.42 Å². The topological polar surface area (TPSA) is 33.4 Å². The molecule has 1 atom stereocenters. The lowest BCUT2D eigenvalue weighted by molar-refractivity contribution is 0.136. The Balaban J connectivity index is 2.60. The number of furan rings is 1. The maximum atomic E-state index is 9.65. The van der Waals surface area contributed by atoms with Gasteiger partial charge in [0.1, 0.15) is 11.9 Å². The van der Waals surface area contributed by atoms with Gasteiger partial charge >= 0.3 is 0 Å². The molecule has 0 amide bonds. The van der Waals surface area contributed by atoms with Gasteiger partial charge in [0.15, 0.2) is 4.67 Å². The summed E-state index contributed by atoms with van der Waals surface area (Å²) < 4.78 is 6.78. The van der Waals surface area contributed by atoms with Crippen molar-refractivity contribution in [2.45, 2.75) is 32.3 Å². The van der Waals surface area contributed by atoms with Gasteiger partial charge in [0.05, 0.1) is 4.47 Å². The summed E-state index contributed by atoms with van der Waals surface area (Å²) in [6.07, 6.45) is 2.36. The highest BCUT2D eigenvalue weighted by Gasteiger charge is 2.13. The molecule has 0 saturated heterocycles. The Morgan fingerprint density at radius 1 is 1.54 bits per heavy atom. The molecule has 1 aromatic heterocycles. The minimum atomic E-state index is -0.484. The van der Waals surface area contributed by atoms with Crippen molar-refractivity contribution in [3.05, 3.63) is 21.0 Å². The number of aliphatic hydroxyl groups is 1. The third kappa shape index (κ3) is 3.11. The second-order valence-electron chi connectivity index (χ2n) is 2.93. The number of unbranched alkanes of at least 4 members (excludes halogenated alkanes) is 1. The van der Waals surface area contributed by atoms with Crippen LogP contribution in [0, 0.1) is 0 Å². The van der Waals surface area contributed by atoms with E-state index >= 15 is 0 Å². The molecule has 0 aromatic carbocycles. The van der Waals surface area contributed by atoms with Crippen LogP contribution in [0.1, 0.15) is 38.1 Å². The third-order valence-electron chi connectivity index (χ3n) is 1.82. The summed E-state index contributed by atoms with van der Waals surface area (Å²) in [5.41, 5.74) is 0. The van der Waals surface area contributed by atoms with Crippen molar-refractivity contribution in [1.82, 2.24) is 0 Å². The molecule has 0 spiro atoms. The Kier molecular flexibility index (Phi) is 4.49. The van der Waals surface area contributed by atoms with E-state index in [2.05, 4.69) is 38.8 Å².